The monoisotopic (exact) mass is 373 g/mol. The van der Waals surface area contributed by atoms with E-state index in [1.807, 2.05) is 39.0 Å². The van der Waals surface area contributed by atoms with Crippen LogP contribution in [0.1, 0.15) is 40.7 Å². The van der Waals surface area contributed by atoms with Gasteiger partial charge in [0.25, 0.3) is 0 Å². The molecule has 2 rings (SSSR count). The SMILES string of the molecule is CCn1c(C)cc(C(=O)COC(=O)CCc2cccc(OC)c2OC)c1C. The van der Waals surface area contributed by atoms with Gasteiger partial charge in [0, 0.05) is 29.9 Å². The molecule has 0 fully saturated rings. The molecular weight excluding hydrogens is 346 g/mol. The lowest BCUT2D eigenvalue weighted by Gasteiger charge is -2.12. The molecule has 0 aliphatic heterocycles. The first-order valence-electron chi connectivity index (χ1n) is 8.98. The summed E-state index contributed by atoms with van der Waals surface area (Å²) in [7, 11) is 3.13. The summed E-state index contributed by atoms with van der Waals surface area (Å²) in [6.07, 6.45) is 0.600. The van der Waals surface area contributed by atoms with Crippen LogP contribution >= 0.6 is 0 Å². The van der Waals surface area contributed by atoms with Crippen LogP contribution in [0.2, 0.25) is 0 Å². The first kappa shape index (κ1) is 20.6. The van der Waals surface area contributed by atoms with Crippen molar-refractivity contribution < 1.29 is 23.8 Å². The second kappa shape index (κ2) is 9.26. The van der Waals surface area contributed by atoms with E-state index in [2.05, 4.69) is 4.57 Å². The van der Waals surface area contributed by atoms with Crippen molar-refractivity contribution in [2.75, 3.05) is 20.8 Å². The molecule has 0 unspecified atom stereocenters. The average molecular weight is 373 g/mol. The van der Waals surface area contributed by atoms with Gasteiger partial charge in [0.1, 0.15) is 0 Å². The van der Waals surface area contributed by atoms with Gasteiger partial charge in [0.2, 0.25) is 5.78 Å². The van der Waals surface area contributed by atoms with Crippen molar-refractivity contribution in [3.05, 3.63) is 46.8 Å². The summed E-state index contributed by atoms with van der Waals surface area (Å²) >= 11 is 0. The van der Waals surface area contributed by atoms with Gasteiger partial charge >= 0.3 is 5.97 Å². The van der Waals surface area contributed by atoms with E-state index in [1.54, 1.807) is 20.3 Å². The van der Waals surface area contributed by atoms with Gasteiger partial charge in [-0.2, -0.15) is 0 Å². The van der Waals surface area contributed by atoms with E-state index < -0.39 is 5.97 Å². The molecule has 1 heterocycles. The second-order valence-electron chi connectivity index (χ2n) is 6.27. The number of rotatable bonds is 9. The third kappa shape index (κ3) is 4.70. The van der Waals surface area contributed by atoms with Crippen LogP contribution in [0.4, 0.5) is 0 Å². The predicted octanol–water partition coefficient (Wildman–Crippen LogP) is 3.50. The van der Waals surface area contributed by atoms with Crippen LogP contribution in [-0.4, -0.2) is 37.1 Å². The van der Waals surface area contributed by atoms with Gasteiger partial charge in [-0.1, -0.05) is 12.1 Å². The number of aryl methyl sites for hydroxylation is 2. The van der Waals surface area contributed by atoms with Crippen LogP contribution < -0.4 is 9.47 Å². The Hall–Kier alpha value is -2.76. The summed E-state index contributed by atoms with van der Waals surface area (Å²) in [5, 5.41) is 0. The smallest absolute Gasteiger partial charge is 0.306 e. The van der Waals surface area contributed by atoms with Crippen LogP contribution in [0, 0.1) is 13.8 Å². The van der Waals surface area contributed by atoms with Gasteiger partial charge in [0.15, 0.2) is 18.1 Å². The summed E-state index contributed by atoms with van der Waals surface area (Å²) < 4.78 is 17.9. The summed E-state index contributed by atoms with van der Waals surface area (Å²) in [5.41, 5.74) is 3.38. The van der Waals surface area contributed by atoms with Crippen molar-refractivity contribution in [1.29, 1.82) is 0 Å². The van der Waals surface area contributed by atoms with Crippen molar-refractivity contribution in [3.8, 4) is 11.5 Å². The Morgan fingerprint density at radius 1 is 1.11 bits per heavy atom. The predicted molar refractivity (Wildman–Crippen MR) is 103 cm³/mol. The van der Waals surface area contributed by atoms with Gasteiger partial charge in [-0.15, -0.1) is 0 Å². The van der Waals surface area contributed by atoms with Crippen LogP contribution in [0.3, 0.4) is 0 Å². The zero-order valence-electron chi connectivity index (χ0n) is 16.6. The van der Waals surface area contributed by atoms with Gasteiger partial charge in [0.05, 0.1) is 14.2 Å². The van der Waals surface area contributed by atoms with Crippen molar-refractivity contribution >= 4 is 11.8 Å². The van der Waals surface area contributed by atoms with Crippen LogP contribution in [0.15, 0.2) is 24.3 Å². The van der Waals surface area contributed by atoms with E-state index in [0.717, 1.165) is 23.5 Å². The Bertz CT molecular complexity index is 822. The molecular formula is C21H27NO5. The first-order valence-corrected chi connectivity index (χ1v) is 8.98. The number of esters is 1. The van der Waals surface area contributed by atoms with Crippen molar-refractivity contribution in [3.63, 3.8) is 0 Å². The summed E-state index contributed by atoms with van der Waals surface area (Å²) in [5.74, 6) is 0.619. The number of ketones is 1. The Labute approximate surface area is 160 Å². The highest BCUT2D eigenvalue weighted by Gasteiger charge is 2.17. The number of benzene rings is 1. The van der Waals surface area contributed by atoms with Crippen molar-refractivity contribution in [1.82, 2.24) is 4.57 Å². The maximum Gasteiger partial charge on any atom is 0.306 e. The third-order valence-corrected chi connectivity index (χ3v) is 4.64. The average Bonchev–Trinajstić information content (AvgIpc) is 2.97. The lowest BCUT2D eigenvalue weighted by Crippen LogP contribution is -2.15. The number of carbonyl (C=O) groups is 2. The molecule has 6 nitrogen and oxygen atoms in total. The maximum absolute atomic E-state index is 12.4. The molecule has 0 atom stereocenters. The fourth-order valence-corrected chi connectivity index (χ4v) is 3.25. The highest BCUT2D eigenvalue weighted by atomic mass is 16.5. The number of para-hydroxylation sites is 1. The number of carbonyl (C=O) groups excluding carboxylic acids is 2. The van der Waals surface area contributed by atoms with Crippen LogP contribution in [-0.2, 0) is 22.5 Å². The lowest BCUT2D eigenvalue weighted by atomic mass is 10.1. The fourth-order valence-electron chi connectivity index (χ4n) is 3.25. The molecule has 0 radical (unpaired) electrons. The van der Waals surface area contributed by atoms with E-state index in [4.69, 9.17) is 14.2 Å². The molecule has 0 saturated heterocycles. The van der Waals surface area contributed by atoms with E-state index in [-0.39, 0.29) is 18.8 Å². The van der Waals surface area contributed by atoms with E-state index in [0.29, 0.717) is 23.5 Å². The van der Waals surface area contributed by atoms with E-state index in [1.165, 1.54) is 0 Å². The molecule has 146 valence electrons. The number of hydrogen-bond donors (Lipinski definition) is 0. The Kier molecular flexibility index (Phi) is 7.05. The molecule has 0 N–H and O–H groups in total. The molecule has 27 heavy (non-hydrogen) atoms. The number of hydrogen-bond acceptors (Lipinski definition) is 5. The Balaban J connectivity index is 1.93. The first-order chi connectivity index (χ1) is 12.9. The zero-order chi connectivity index (χ0) is 20.0. The molecule has 0 spiro atoms. The van der Waals surface area contributed by atoms with Gasteiger partial charge in [-0.05, 0) is 44.9 Å². The van der Waals surface area contributed by atoms with E-state index in [9.17, 15) is 9.59 Å². The Morgan fingerprint density at radius 3 is 2.44 bits per heavy atom. The second-order valence-corrected chi connectivity index (χ2v) is 6.27. The molecule has 1 aromatic heterocycles. The highest BCUT2D eigenvalue weighted by molar-refractivity contribution is 5.99. The molecule has 0 aliphatic rings. The quantitative estimate of drug-likeness (QED) is 0.497. The minimum Gasteiger partial charge on any atom is -0.493 e. The minimum absolute atomic E-state index is 0.158. The molecule has 0 bridgehead atoms. The number of Topliss-reactive ketones (excluding diaryl/α,β-unsaturated/α-hetero) is 1. The highest BCUT2D eigenvalue weighted by Crippen LogP contribution is 2.31. The summed E-state index contributed by atoms with van der Waals surface area (Å²) in [6, 6.07) is 7.36. The van der Waals surface area contributed by atoms with Gasteiger partial charge < -0.3 is 18.8 Å². The van der Waals surface area contributed by atoms with Gasteiger partial charge in [-0.25, -0.2) is 0 Å². The van der Waals surface area contributed by atoms with E-state index >= 15 is 0 Å². The molecule has 0 amide bonds. The summed E-state index contributed by atoms with van der Waals surface area (Å²) in [4.78, 5) is 24.5. The van der Waals surface area contributed by atoms with Crippen molar-refractivity contribution in [2.45, 2.75) is 40.2 Å². The molecule has 0 aliphatic carbocycles. The molecule has 1 aromatic carbocycles. The lowest BCUT2D eigenvalue weighted by molar-refractivity contribution is -0.142. The number of aromatic nitrogens is 1. The number of methoxy groups -OCH3 is 2. The fraction of sp³-hybridized carbons (Fsp3) is 0.429. The third-order valence-electron chi connectivity index (χ3n) is 4.64. The Morgan fingerprint density at radius 2 is 1.85 bits per heavy atom. The number of ether oxygens (including phenoxy) is 3. The normalized spacial score (nSPS) is 10.6. The summed E-state index contributed by atoms with van der Waals surface area (Å²) in [6.45, 7) is 6.44. The van der Waals surface area contributed by atoms with Crippen molar-refractivity contribution in [2.24, 2.45) is 0 Å². The van der Waals surface area contributed by atoms with Crippen LogP contribution in [0.25, 0.3) is 0 Å². The largest absolute Gasteiger partial charge is 0.493 e. The topological polar surface area (TPSA) is 66.8 Å². The van der Waals surface area contributed by atoms with Crippen LogP contribution in [0.5, 0.6) is 11.5 Å². The maximum atomic E-state index is 12.4. The molecule has 2 aromatic rings. The molecule has 0 saturated carbocycles. The number of nitrogens with zero attached hydrogens (tertiary/aromatic N) is 1. The molecule has 6 heteroatoms. The minimum atomic E-state index is -0.419. The standard InChI is InChI=1S/C21H27NO5/c1-6-22-14(2)12-17(15(22)3)18(23)13-27-20(24)11-10-16-8-7-9-19(25-4)21(16)26-5/h7-9,12H,6,10-11,13H2,1-5H3. The zero-order valence-corrected chi connectivity index (χ0v) is 16.6. The van der Waals surface area contributed by atoms with Gasteiger partial charge in [-0.3, -0.25) is 9.59 Å².